The highest BCUT2D eigenvalue weighted by Gasteiger charge is 2.25. The summed E-state index contributed by atoms with van der Waals surface area (Å²) in [7, 11) is 0.854. The van der Waals surface area contributed by atoms with E-state index in [9.17, 15) is 13.5 Å². The number of rotatable bonds is 9. The lowest BCUT2D eigenvalue weighted by atomic mass is 10.0. The molecule has 192 valence electrons. The lowest BCUT2D eigenvalue weighted by Gasteiger charge is -2.18. The molecule has 8 nitrogen and oxygen atoms in total. The number of methoxy groups -OCH3 is 2. The van der Waals surface area contributed by atoms with Crippen LogP contribution in [0.1, 0.15) is 12.0 Å². The Kier molecular flexibility index (Phi) is 7.94. The zero-order valence-electron chi connectivity index (χ0n) is 20.3. The van der Waals surface area contributed by atoms with E-state index in [-0.39, 0.29) is 23.4 Å². The number of halogens is 1. The van der Waals surface area contributed by atoms with Crippen molar-refractivity contribution in [3.8, 4) is 28.4 Å². The van der Waals surface area contributed by atoms with E-state index >= 15 is 0 Å². The van der Waals surface area contributed by atoms with E-state index in [2.05, 4.69) is 9.62 Å². The fourth-order valence-electron chi connectivity index (χ4n) is 4.18. The van der Waals surface area contributed by atoms with Gasteiger partial charge in [0, 0.05) is 30.8 Å². The highest BCUT2D eigenvalue weighted by Crippen LogP contribution is 2.39. The van der Waals surface area contributed by atoms with E-state index in [1.807, 2.05) is 7.05 Å². The van der Waals surface area contributed by atoms with Gasteiger partial charge in [-0.1, -0.05) is 29.8 Å². The number of nitrogens with zero attached hydrogens (tertiary/aromatic N) is 1. The van der Waals surface area contributed by atoms with Crippen LogP contribution in [-0.2, 0) is 16.6 Å². The highest BCUT2D eigenvalue weighted by atomic mass is 35.5. The number of sulfonamides is 1. The van der Waals surface area contributed by atoms with Crippen LogP contribution in [0.3, 0.4) is 0 Å². The fourth-order valence-corrected chi connectivity index (χ4v) is 5.62. The number of likely N-dealkylation sites (tertiary alicyclic amines) is 1. The van der Waals surface area contributed by atoms with Gasteiger partial charge in [0.25, 0.3) is 10.0 Å². The van der Waals surface area contributed by atoms with Gasteiger partial charge in [-0.25, -0.2) is 8.42 Å². The predicted octanol–water partition coefficient (Wildman–Crippen LogP) is 4.40. The van der Waals surface area contributed by atoms with E-state index in [0.717, 1.165) is 19.5 Å². The number of aliphatic hydroxyl groups excluding tert-OH is 1. The molecule has 0 aliphatic carbocycles. The first-order valence-corrected chi connectivity index (χ1v) is 13.2. The van der Waals surface area contributed by atoms with Crippen LogP contribution in [0.4, 0.5) is 5.69 Å². The zero-order chi connectivity index (χ0) is 25.9. The molecule has 4 rings (SSSR count). The Morgan fingerprint density at radius 1 is 1.06 bits per heavy atom. The lowest BCUT2D eigenvalue weighted by Crippen LogP contribution is -2.21. The van der Waals surface area contributed by atoms with Crippen molar-refractivity contribution in [1.29, 1.82) is 0 Å². The van der Waals surface area contributed by atoms with Gasteiger partial charge in [0.05, 0.1) is 36.4 Å². The number of hydrogen-bond acceptors (Lipinski definition) is 7. The summed E-state index contributed by atoms with van der Waals surface area (Å²) in [5.74, 6) is 1.07. The third-order valence-corrected chi connectivity index (χ3v) is 7.75. The summed E-state index contributed by atoms with van der Waals surface area (Å²) in [5, 5.41) is 9.98. The molecule has 36 heavy (non-hydrogen) atoms. The van der Waals surface area contributed by atoms with Crippen molar-refractivity contribution in [3.05, 3.63) is 65.2 Å². The molecule has 0 spiro atoms. The van der Waals surface area contributed by atoms with Crippen molar-refractivity contribution in [2.24, 2.45) is 0 Å². The topological polar surface area (TPSA) is 97.3 Å². The smallest absolute Gasteiger partial charge is 0.262 e. The van der Waals surface area contributed by atoms with Gasteiger partial charge in [-0.2, -0.15) is 0 Å². The van der Waals surface area contributed by atoms with Gasteiger partial charge in [0.1, 0.15) is 11.9 Å². The van der Waals surface area contributed by atoms with Crippen LogP contribution in [0.15, 0.2) is 59.5 Å². The molecular weight excluding hydrogens is 504 g/mol. The number of nitrogens with one attached hydrogen (secondary N) is 1. The summed E-state index contributed by atoms with van der Waals surface area (Å²) in [6.07, 6.45) is 0.848. The number of benzene rings is 3. The van der Waals surface area contributed by atoms with Crippen LogP contribution in [0.5, 0.6) is 17.2 Å². The predicted molar refractivity (Wildman–Crippen MR) is 140 cm³/mol. The molecule has 0 aromatic heterocycles. The van der Waals surface area contributed by atoms with Gasteiger partial charge in [-0.3, -0.25) is 4.72 Å². The van der Waals surface area contributed by atoms with Crippen molar-refractivity contribution in [3.63, 3.8) is 0 Å². The monoisotopic (exact) mass is 532 g/mol. The molecular formula is C26H29ClN2O6S. The number of ether oxygens (including phenoxy) is 3. The van der Waals surface area contributed by atoms with Crippen LogP contribution in [0.25, 0.3) is 11.1 Å². The first-order valence-electron chi connectivity index (χ1n) is 11.4. The molecule has 0 radical (unpaired) electrons. The van der Waals surface area contributed by atoms with Gasteiger partial charge in [-0.15, -0.1) is 0 Å². The molecule has 0 saturated carbocycles. The third-order valence-electron chi connectivity index (χ3n) is 6.02. The minimum atomic E-state index is -4.09. The maximum absolute atomic E-state index is 13.7. The van der Waals surface area contributed by atoms with Crippen LogP contribution in [0, 0.1) is 0 Å². The van der Waals surface area contributed by atoms with E-state index in [1.54, 1.807) is 48.5 Å². The summed E-state index contributed by atoms with van der Waals surface area (Å²) >= 11 is 6.34. The third kappa shape index (κ3) is 5.70. The maximum atomic E-state index is 13.7. The molecule has 3 aromatic rings. The van der Waals surface area contributed by atoms with Crippen LogP contribution < -0.4 is 18.9 Å². The van der Waals surface area contributed by atoms with Crippen LogP contribution in [-0.4, -0.2) is 58.9 Å². The van der Waals surface area contributed by atoms with Crippen molar-refractivity contribution < 1.29 is 27.7 Å². The van der Waals surface area contributed by atoms with Gasteiger partial charge in [0.15, 0.2) is 11.5 Å². The Labute approximate surface area is 216 Å². The highest BCUT2D eigenvalue weighted by molar-refractivity contribution is 7.92. The van der Waals surface area contributed by atoms with Crippen LogP contribution in [0.2, 0.25) is 5.02 Å². The van der Waals surface area contributed by atoms with E-state index < -0.39 is 10.0 Å². The van der Waals surface area contributed by atoms with Gasteiger partial charge < -0.3 is 24.2 Å². The SMILES string of the molecule is COc1cc(-c2cccc(CO)c2)c(S(=O)(=O)Nc2ccc(Cl)c(O[C@@H]3CCN(C)C3)c2)cc1OC. The second-order valence-corrected chi connectivity index (χ2v) is 10.7. The minimum Gasteiger partial charge on any atom is -0.493 e. The van der Waals surface area contributed by atoms with E-state index in [1.165, 1.54) is 20.3 Å². The summed E-state index contributed by atoms with van der Waals surface area (Å²) in [6.45, 7) is 1.52. The molecule has 10 heteroatoms. The maximum Gasteiger partial charge on any atom is 0.262 e. The zero-order valence-corrected chi connectivity index (χ0v) is 21.9. The Hall–Kier alpha value is -2.98. The van der Waals surface area contributed by atoms with E-state index in [4.69, 9.17) is 25.8 Å². The molecule has 3 aromatic carbocycles. The molecule has 1 heterocycles. The molecule has 0 unspecified atom stereocenters. The quantitative estimate of drug-likeness (QED) is 0.421. The first kappa shape index (κ1) is 26.1. The fraction of sp³-hybridized carbons (Fsp3) is 0.308. The average molecular weight is 533 g/mol. The number of likely N-dealkylation sites (N-methyl/N-ethyl adjacent to an activating group) is 1. The average Bonchev–Trinajstić information content (AvgIpc) is 3.29. The molecule has 1 aliphatic heterocycles. The molecule has 1 atom stereocenters. The van der Waals surface area contributed by atoms with Crippen molar-refractivity contribution in [1.82, 2.24) is 4.90 Å². The largest absolute Gasteiger partial charge is 0.493 e. The van der Waals surface area contributed by atoms with Crippen molar-refractivity contribution in [2.45, 2.75) is 24.0 Å². The van der Waals surface area contributed by atoms with Gasteiger partial charge >= 0.3 is 0 Å². The van der Waals surface area contributed by atoms with Gasteiger partial charge in [0.2, 0.25) is 0 Å². The first-order chi connectivity index (χ1) is 17.2. The summed E-state index contributed by atoms with van der Waals surface area (Å²) in [5.41, 5.74) is 1.96. The van der Waals surface area contributed by atoms with Gasteiger partial charge in [-0.05, 0) is 48.9 Å². The molecule has 1 saturated heterocycles. The summed E-state index contributed by atoms with van der Waals surface area (Å²) < 4.78 is 46.8. The Balaban J connectivity index is 1.73. The Morgan fingerprint density at radius 3 is 2.47 bits per heavy atom. The molecule has 0 amide bonds. The number of aliphatic hydroxyl groups is 1. The number of hydrogen-bond donors (Lipinski definition) is 2. The summed E-state index contributed by atoms with van der Waals surface area (Å²) in [4.78, 5) is 2.15. The molecule has 1 fully saturated rings. The van der Waals surface area contributed by atoms with Crippen molar-refractivity contribution >= 4 is 27.3 Å². The Morgan fingerprint density at radius 2 is 1.81 bits per heavy atom. The number of anilines is 1. The molecule has 0 bridgehead atoms. The van der Waals surface area contributed by atoms with Crippen molar-refractivity contribution in [2.75, 3.05) is 39.1 Å². The minimum absolute atomic E-state index is 0.00919. The Bertz CT molecular complexity index is 1350. The lowest BCUT2D eigenvalue weighted by molar-refractivity contribution is 0.208. The standard InChI is InChI=1S/C26H29ClN2O6S/c1-29-10-9-20(15-29)35-23-12-19(7-8-22(23)27)28-36(31,32)26-14-25(34-3)24(33-2)13-21(26)18-6-4-5-17(11-18)16-30/h4-8,11-14,20,28,30H,9-10,15-16H2,1-3H3/t20-/m1/s1. The molecule has 1 aliphatic rings. The van der Waals surface area contributed by atoms with E-state index in [0.29, 0.717) is 38.9 Å². The second-order valence-electron chi connectivity index (χ2n) is 8.60. The van der Waals surface area contributed by atoms with Crippen LogP contribution >= 0.6 is 11.6 Å². The normalized spacial score (nSPS) is 16.1. The molecule has 2 N–H and O–H groups in total. The second kappa shape index (κ2) is 11.0. The summed E-state index contributed by atoms with van der Waals surface area (Å²) in [6, 6.07) is 14.8.